The van der Waals surface area contributed by atoms with Gasteiger partial charge in [0.25, 0.3) is 0 Å². The number of nitrogens with zero attached hydrogens (tertiary/aromatic N) is 1. The zero-order valence-electron chi connectivity index (χ0n) is 11.4. The van der Waals surface area contributed by atoms with Crippen LogP contribution in [0.15, 0.2) is 36.5 Å². The number of hydrogen-bond acceptors (Lipinski definition) is 4. The Hall–Kier alpha value is -1.65. The third-order valence-electron chi connectivity index (χ3n) is 3.46. The second-order valence-electron chi connectivity index (χ2n) is 4.90. The Kier molecular flexibility index (Phi) is 4.35. The van der Waals surface area contributed by atoms with Crippen molar-refractivity contribution < 1.29 is 9.84 Å². The van der Waals surface area contributed by atoms with Gasteiger partial charge in [0.05, 0.1) is 13.2 Å². The number of aromatic nitrogens is 1. The van der Waals surface area contributed by atoms with E-state index >= 15 is 0 Å². The molecule has 1 aromatic heterocycles. The number of fused-ring (bicyclic) bond motifs is 1. The highest BCUT2D eigenvalue weighted by molar-refractivity contribution is 5.84. The van der Waals surface area contributed by atoms with E-state index in [9.17, 15) is 5.11 Å². The molecule has 2 aromatic rings. The number of aliphatic hydroxyl groups excluding tert-OH is 1. The number of benzene rings is 1. The van der Waals surface area contributed by atoms with Gasteiger partial charge in [-0.05, 0) is 26.1 Å². The molecule has 1 heterocycles. The highest BCUT2D eigenvalue weighted by atomic mass is 16.5. The van der Waals surface area contributed by atoms with Gasteiger partial charge in [-0.15, -0.1) is 0 Å². The van der Waals surface area contributed by atoms with E-state index in [0.717, 1.165) is 23.1 Å². The summed E-state index contributed by atoms with van der Waals surface area (Å²) in [4.78, 5) is 4.35. The maximum absolute atomic E-state index is 9.32. The summed E-state index contributed by atoms with van der Waals surface area (Å²) in [6, 6.07) is 9.82. The van der Waals surface area contributed by atoms with Gasteiger partial charge in [-0.2, -0.15) is 0 Å². The standard InChI is InChI=1S/C15H20N2O2/c1-15(11-18,16-2)8-10-19-13-7-3-5-12-6-4-9-17-14(12)13/h3-7,9,16,18H,8,10-11H2,1-2H3. The molecular formula is C15H20N2O2. The van der Waals surface area contributed by atoms with Crippen LogP contribution in [0.2, 0.25) is 0 Å². The lowest BCUT2D eigenvalue weighted by molar-refractivity contribution is 0.151. The summed E-state index contributed by atoms with van der Waals surface area (Å²) in [5.41, 5.74) is 0.568. The fraction of sp³-hybridized carbons (Fsp3) is 0.400. The monoisotopic (exact) mass is 260 g/mol. The number of aliphatic hydroxyl groups is 1. The van der Waals surface area contributed by atoms with Crippen molar-refractivity contribution in [3.05, 3.63) is 36.5 Å². The molecule has 0 spiro atoms. The summed E-state index contributed by atoms with van der Waals surface area (Å²) in [5.74, 6) is 0.787. The normalized spacial score (nSPS) is 14.3. The van der Waals surface area contributed by atoms with Crippen molar-refractivity contribution >= 4 is 10.9 Å². The SMILES string of the molecule is CNC(C)(CO)CCOc1cccc2cccnc12. The van der Waals surface area contributed by atoms with Crippen molar-refractivity contribution in [3.8, 4) is 5.75 Å². The first kappa shape index (κ1) is 13.8. The van der Waals surface area contributed by atoms with Crippen LogP contribution in [0.5, 0.6) is 5.75 Å². The largest absolute Gasteiger partial charge is 0.491 e. The van der Waals surface area contributed by atoms with Crippen LogP contribution < -0.4 is 10.1 Å². The smallest absolute Gasteiger partial charge is 0.145 e. The fourth-order valence-electron chi connectivity index (χ4n) is 1.86. The molecule has 102 valence electrons. The van der Waals surface area contributed by atoms with Crippen LogP contribution in [-0.4, -0.2) is 35.9 Å². The van der Waals surface area contributed by atoms with E-state index in [1.807, 2.05) is 44.3 Å². The molecule has 0 amide bonds. The predicted octanol–water partition coefficient (Wildman–Crippen LogP) is 1.97. The average molecular weight is 260 g/mol. The molecule has 0 radical (unpaired) electrons. The average Bonchev–Trinajstić information content (AvgIpc) is 2.47. The first-order chi connectivity index (χ1) is 9.18. The van der Waals surface area contributed by atoms with E-state index in [-0.39, 0.29) is 12.1 Å². The summed E-state index contributed by atoms with van der Waals surface area (Å²) in [6.45, 7) is 2.59. The predicted molar refractivity (Wildman–Crippen MR) is 76.4 cm³/mol. The van der Waals surface area contributed by atoms with E-state index in [2.05, 4.69) is 10.3 Å². The van der Waals surface area contributed by atoms with Crippen LogP contribution in [0.4, 0.5) is 0 Å². The number of nitrogens with one attached hydrogen (secondary N) is 1. The number of para-hydroxylation sites is 1. The lowest BCUT2D eigenvalue weighted by Crippen LogP contribution is -2.44. The van der Waals surface area contributed by atoms with Crippen molar-refractivity contribution in [1.82, 2.24) is 10.3 Å². The van der Waals surface area contributed by atoms with E-state index < -0.39 is 0 Å². The Morgan fingerprint density at radius 2 is 2.11 bits per heavy atom. The van der Waals surface area contributed by atoms with Gasteiger partial charge in [-0.3, -0.25) is 4.98 Å². The highest BCUT2D eigenvalue weighted by Gasteiger charge is 2.20. The third kappa shape index (κ3) is 3.22. The zero-order chi connectivity index (χ0) is 13.7. The number of hydrogen-bond donors (Lipinski definition) is 2. The van der Waals surface area contributed by atoms with Crippen molar-refractivity contribution in [2.45, 2.75) is 18.9 Å². The fourth-order valence-corrected chi connectivity index (χ4v) is 1.86. The zero-order valence-corrected chi connectivity index (χ0v) is 11.4. The van der Waals surface area contributed by atoms with Gasteiger partial charge < -0.3 is 15.2 Å². The second-order valence-corrected chi connectivity index (χ2v) is 4.90. The molecule has 0 aliphatic heterocycles. The Bertz CT molecular complexity index is 533. The van der Waals surface area contributed by atoms with E-state index in [1.54, 1.807) is 6.20 Å². The molecule has 19 heavy (non-hydrogen) atoms. The molecule has 1 unspecified atom stereocenters. The van der Waals surface area contributed by atoms with E-state index in [1.165, 1.54) is 0 Å². The number of ether oxygens (including phenoxy) is 1. The molecule has 1 atom stereocenters. The van der Waals surface area contributed by atoms with Gasteiger partial charge in [0.2, 0.25) is 0 Å². The first-order valence-electron chi connectivity index (χ1n) is 6.45. The van der Waals surface area contributed by atoms with E-state index in [0.29, 0.717) is 6.61 Å². The molecule has 2 rings (SSSR count). The topological polar surface area (TPSA) is 54.4 Å². The van der Waals surface area contributed by atoms with Gasteiger partial charge in [0, 0.05) is 23.5 Å². The van der Waals surface area contributed by atoms with Gasteiger partial charge in [-0.25, -0.2) is 0 Å². The minimum atomic E-state index is -0.308. The molecule has 0 fully saturated rings. The van der Waals surface area contributed by atoms with Crippen LogP contribution in [0.3, 0.4) is 0 Å². The number of likely N-dealkylation sites (N-methyl/N-ethyl adjacent to an activating group) is 1. The van der Waals surface area contributed by atoms with Crippen molar-refractivity contribution in [3.63, 3.8) is 0 Å². The Labute approximate surface area is 113 Å². The van der Waals surface area contributed by atoms with Crippen molar-refractivity contribution in [2.75, 3.05) is 20.3 Å². The van der Waals surface area contributed by atoms with Gasteiger partial charge in [0.15, 0.2) is 0 Å². The molecule has 4 nitrogen and oxygen atoms in total. The molecule has 0 bridgehead atoms. The van der Waals surface area contributed by atoms with Crippen LogP contribution in [0.25, 0.3) is 10.9 Å². The van der Waals surface area contributed by atoms with Gasteiger partial charge in [-0.1, -0.05) is 18.2 Å². The third-order valence-corrected chi connectivity index (χ3v) is 3.46. The lowest BCUT2D eigenvalue weighted by Gasteiger charge is -2.26. The van der Waals surface area contributed by atoms with Crippen LogP contribution in [0.1, 0.15) is 13.3 Å². The quantitative estimate of drug-likeness (QED) is 0.834. The minimum Gasteiger partial charge on any atom is -0.491 e. The van der Waals surface area contributed by atoms with E-state index in [4.69, 9.17) is 4.74 Å². The van der Waals surface area contributed by atoms with Gasteiger partial charge in [0.1, 0.15) is 11.3 Å². The molecule has 1 aromatic carbocycles. The van der Waals surface area contributed by atoms with Crippen molar-refractivity contribution in [2.24, 2.45) is 0 Å². The molecule has 0 aliphatic rings. The maximum atomic E-state index is 9.32. The molecular weight excluding hydrogens is 240 g/mol. The van der Waals surface area contributed by atoms with Crippen LogP contribution >= 0.6 is 0 Å². The van der Waals surface area contributed by atoms with Gasteiger partial charge >= 0.3 is 0 Å². The Balaban J connectivity index is 2.06. The Morgan fingerprint density at radius 3 is 2.84 bits per heavy atom. The molecule has 2 N–H and O–H groups in total. The Morgan fingerprint density at radius 1 is 1.32 bits per heavy atom. The molecule has 0 saturated carbocycles. The number of rotatable bonds is 6. The highest BCUT2D eigenvalue weighted by Crippen LogP contribution is 2.23. The lowest BCUT2D eigenvalue weighted by atomic mass is 10.0. The minimum absolute atomic E-state index is 0.0840. The second kappa shape index (κ2) is 5.99. The number of pyridine rings is 1. The molecule has 0 aliphatic carbocycles. The summed E-state index contributed by atoms with van der Waals surface area (Å²) in [6.07, 6.45) is 2.49. The first-order valence-corrected chi connectivity index (χ1v) is 6.45. The summed E-state index contributed by atoms with van der Waals surface area (Å²) in [5, 5.41) is 13.5. The van der Waals surface area contributed by atoms with Crippen LogP contribution in [0, 0.1) is 0 Å². The summed E-state index contributed by atoms with van der Waals surface area (Å²) in [7, 11) is 1.84. The maximum Gasteiger partial charge on any atom is 0.145 e. The molecule has 0 saturated heterocycles. The summed E-state index contributed by atoms with van der Waals surface area (Å²) < 4.78 is 5.81. The summed E-state index contributed by atoms with van der Waals surface area (Å²) >= 11 is 0. The van der Waals surface area contributed by atoms with Crippen molar-refractivity contribution in [1.29, 1.82) is 0 Å². The molecule has 4 heteroatoms. The van der Waals surface area contributed by atoms with Crippen LogP contribution in [-0.2, 0) is 0 Å².